The van der Waals surface area contributed by atoms with Crippen molar-refractivity contribution >= 4 is 23.0 Å². The van der Waals surface area contributed by atoms with Crippen molar-refractivity contribution in [1.29, 1.82) is 0 Å². The van der Waals surface area contributed by atoms with Crippen LogP contribution in [0.2, 0.25) is 0 Å². The van der Waals surface area contributed by atoms with Gasteiger partial charge >= 0.3 is 12.1 Å². The first-order valence-corrected chi connectivity index (χ1v) is 14.3. The third-order valence-corrected chi connectivity index (χ3v) is 8.38. The Hall–Kier alpha value is -4.50. The molecular formula is C33H33N3O6. The Kier molecular flexibility index (Phi) is 7.06. The highest BCUT2D eigenvalue weighted by molar-refractivity contribution is 5.89. The molecule has 0 radical (unpaired) electrons. The molecule has 1 amide bonds. The molecule has 0 unspecified atom stereocenters. The summed E-state index contributed by atoms with van der Waals surface area (Å²) in [6.45, 7) is 6.31. The van der Waals surface area contributed by atoms with Gasteiger partial charge in [0.05, 0.1) is 29.0 Å². The number of nitrogens with zero attached hydrogens (tertiary/aromatic N) is 3. The lowest BCUT2D eigenvalue weighted by atomic mass is 9.86. The molecule has 4 aromatic rings. The fourth-order valence-electron chi connectivity index (χ4n) is 5.99. The topological polar surface area (TPSA) is 111 Å². The van der Waals surface area contributed by atoms with Crippen LogP contribution in [-0.4, -0.2) is 44.2 Å². The van der Waals surface area contributed by atoms with E-state index in [0.29, 0.717) is 30.9 Å². The molecular weight excluding hydrogens is 534 g/mol. The van der Waals surface area contributed by atoms with Gasteiger partial charge in [-0.15, -0.1) is 0 Å². The minimum Gasteiger partial charge on any atom is -0.458 e. The van der Waals surface area contributed by atoms with Gasteiger partial charge in [0.15, 0.2) is 5.60 Å². The first-order valence-electron chi connectivity index (χ1n) is 14.3. The maximum Gasteiger partial charge on any atom is 0.410 e. The molecule has 0 fully saturated rings. The molecule has 4 heterocycles. The van der Waals surface area contributed by atoms with Crippen LogP contribution < -0.4 is 5.56 Å². The van der Waals surface area contributed by atoms with E-state index in [-0.39, 0.29) is 48.5 Å². The van der Waals surface area contributed by atoms with Crippen LogP contribution in [0.25, 0.3) is 22.3 Å². The lowest BCUT2D eigenvalue weighted by molar-refractivity contribution is -0.172. The van der Waals surface area contributed by atoms with Crippen molar-refractivity contribution in [1.82, 2.24) is 14.5 Å². The monoisotopic (exact) mass is 567 g/mol. The fourth-order valence-corrected chi connectivity index (χ4v) is 5.99. The molecule has 2 aliphatic heterocycles. The van der Waals surface area contributed by atoms with Crippen LogP contribution in [0.3, 0.4) is 0 Å². The summed E-state index contributed by atoms with van der Waals surface area (Å²) in [5.74, 6) is -0.750. The molecule has 1 N–H and O–H groups in total. The van der Waals surface area contributed by atoms with Gasteiger partial charge in [0.2, 0.25) is 0 Å². The summed E-state index contributed by atoms with van der Waals surface area (Å²) in [4.78, 5) is 46.0. The number of carbonyl (C=O) groups is 2. The zero-order valence-electron chi connectivity index (χ0n) is 23.9. The zero-order valence-corrected chi connectivity index (χ0v) is 23.9. The van der Waals surface area contributed by atoms with E-state index < -0.39 is 11.6 Å². The van der Waals surface area contributed by atoms with Gasteiger partial charge < -0.3 is 24.0 Å². The average molecular weight is 568 g/mol. The number of hydrogen-bond donors (Lipinski definition) is 1. The number of para-hydroxylation sites is 1. The smallest absolute Gasteiger partial charge is 0.410 e. The van der Waals surface area contributed by atoms with Crippen molar-refractivity contribution in [3.05, 3.63) is 98.8 Å². The van der Waals surface area contributed by atoms with E-state index in [4.69, 9.17) is 14.5 Å². The summed E-state index contributed by atoms with van der Waals surface area (Å²) >= 11 is 0. The number of aromatic nitrogens is 2. The summed E-state index contributed by atoms with van der Waals surface area (Å²) in [7, 11) is 0. The van der Waals surface area contributed by atoms with Crippen LogP contribution in [0.4, 0.5) is 4.79 Å². The van der Waals surface area contributed by atoms with Gasteiger partial charge in [-0.05, 0) is 49.9 Å². The molecule has 0 spiro atoms. The van der Waals surface area contributed by atoms with Crippen molar-refractivity contribution in [3.63, 3.8) is 0 Å². The Balaban J connectivity index is 1.37. The summed E-state index contributed by atoms with van der Waals surface area (Å²) in [6, 6.07) is 19.0. The highest BCUT2D eigenvalue weighted by atomic mass is 16.6. The molecule has 2 aromatic carbocycles. The number of pyridine rings is 2. The van der Waals surface area contributed by atoms with Crippen LogP contribution in [0.1, 0.15) is 55.0 Å². The molecule has 0 aliphatic carbocycles. The van der Waals surface area contributed by atoms with Crippen molar-refractivity contribution in [2.75, 3.05) is 6.54 Å². The zero-order chi connectivity index (χ0) is 29.6. The highest BCUT2D eigenvalue weighted by Crippen LogP contribution is 2.40. The largest absolute Gasteiger partial charge is 0.458 e. The highest BCUT2D eigenvalue weighted by Gasteiger charge is 2.45. The van der Waals surface area contributed by atoms with Crippen molar-refractivity contribution in [2.24, 2.45) is 0 Å². The average Bonchev–Trinajstić information content (AvgIpc) is 3.37. The Morgan fingerprint density at radius 1 is 1.12 bits per heavy atom. The number of rotatable bonds is 7. The molecule has 216 valence electrons. The van der Waals surface area contributed by atoms with Crippen LogP contribution in [0, 0.1) is 0 Å². The second-order valence-corrected chi connectivity index (χ2v) is 11.1. The van der Waals surface area contributed by atoms with E-state index in [1.165, 1.54) is 0 Å². The van der Waals surface area contributed by atoms with Gasteiger partial charge in [-0.25, -0.2) is 14.6 Å². The van der Waals surface area contributed by atoms with Gasteiger partial charge in [0.1, 0.15) is 13.2 Å². The molecule has 0 saturated carbocycles. The quantitative estimate of drug-likeness (QED) is 0.285. The summed E-state index contributed by atoms with van der Waals surface area (Å²) in [5, 5.41) is 12.2. The van der Waals surface area contributed by atoms with E-state index in [2.05, 4.69) is 0 Å². The fraction of sp³-hybridized carbons (Fsp3) is 0.333. The number of ether oxygens (including phenoxy) is 2. The van der Waals surface area contributed by atoms with Gasteiger partial charge in [-0.1, -0.05) is 55.5 Å². The van der Waals surface area contributed by atoms with E-state index in [1.54, 1.807) is 22.5 Å². The van der Waals surface area contributed by atoms with Gasteiger partial charge in [0, 0.05) is 29.1 Å². The molecule has 1 atom stereocenters. The summed E-state index contributed by atoms with van der Waals surface area (Å²) in [5.41, 5.74) is 3.15. The van der Waals surface area contributed by atoms with E-state index in [0.717, 1.165) is 27.6 Å². The summed E-state index contributed by atoms with van der Waals surface area (Å²) in [6.07, 6.45) is 0.211. The van der Waals surface area contributed by atoms with E-state index in [9.17, 15) is 19.5 Å². The number of hydrogen-bond acceptors (Lipinski definition) is 7. The first kappa shape index (κ1) is 27.7. The van der Waals surface area contributed by atoms with Crippen LogP contribution in [0.5, 0.6) is 0 Å². The van der Waals surface area contributed by atoms with Gasteiger partial charge in [-0.3, -0.25) is 4.79 Å². The number of fused-ring (bicyclic) bond motifs is 5. The molecule has 42 heavy (non-hydrogen) atoms. The van der Waals surface area contributed by atoms with E-state index >= 15 is 0 Å². The normalized spacial score (nSPS) is 17.0. The Morgan fingerprint density at radius 3 is 2.60 bits per heavy atom. The molecule has 9 nitrogen and oxygen atoms in total. The van der Waals surface area contributed by atoms with Crippen molar-refractivity contribution in [3.8, 4) is 11.4 Å². The minimum atomic E-state index is -1.89. The number of cyclic esters (lactones) is 1. The molecule has 2 aromatic heterocycles. The first-order chi connectivity index (χ1) is 20.2. The SMILES string of the molecule is CC[C@@]1(O)C(=O)OCc2c1cc1n(c2=O)Cc2c-1nc1ccccc1c2CCN(C(=O)OCc1ccccc1)C(C)C. The minimum absolute atomic E-state index is 0.0798. The molecule has 0 bridgehead atoms. The number of amides is 1. The number of esters is 1. The maximum absolute atomic E-state index is 13.7. The summed E-state index contributed by atoms with van der Waals surface area (Å²) < 4.78 is 12.5. The lowest BCUT2D eigenvalue weighted by Gasteiger charge is -2.31. The molecule has 9 heteroatoms. The molecule has 2 aliphatic rings. The Morgan fingerprint density at radius 2 is 1.86 bits per heavy atom. The Bertz CT molecular complexity index is 1760. The third-order valence-electron chi connectivity index (χ3n) is 8.38. The predicted octanol–water partition coefficient (Wildman–Crippen LogP) is 4.67. The number of aliphatic hydroxyl groups is 1. The van der Waals surface area contributed by atoms with Gasteiger partial charge in [0.25, 0.3) is 5.56 Å². The third kappa shape index (κ3) is 4.54. The standard InChI is InChI=1S/C33H33N3O6/c1-4-33(40)26-16-28-29-24(17-36(28)30(37)25(26)19-41-31(33)38)22(23-12-8-9-13-27(23)34-29)14-15-35(20(2)3)32(39)42-18-21-10-6-5-7-11-21/h5-13,16,20,40H,4,14-15,17-19H2,1-3H3/t33-/m0/s1. The maximum atomic E-state index is 13.7. The number of benzene rings is 2. The molecule has 6 rings (SSSR count). The number of carbonyl (C=O) groups excluding carboxylic acids is 2. The van der Waals surface area contributed by atoms with Crippen molar-refractivity contribution in [2.45, 2.75) is 65.0 Å². The predicted molar refractivity (Wildman–Crippen MR) is 157 cm³/mol. The molecule has 0 saturated heterocycles. The lowest BCUT2D eigenvalue weighted by Crippen LogP contribution is -2.44. The van der Waals surface area contributed by atoms with Crippen LogP contribution >= 0.6 is 0 Å². The van der Waals surface area contributed by atoms with Crippen LogP contribution in [-0.2, 0) is 46.0 Å². The van der Waals surface area contributed by atoms with Crippen molar-refractivity contribution < 1.29 is 24.2 Å². The van der Waals surface area contributed by atoms with Gasteiger partial charge in [-0.2, -0.15) is 0 Å². The van der Waals surface area contributed by atoms with Crippen LogP contribution in [0.15, 0.2) is 65.5 Å². The second-order valence-electron chi connectivity index (χ2n) is 11.1. The second kappa shape index (κ2) is 10.7. The Labute approximate surface area is 243 Å². The van der Waals surface area contributed by atoms with E-state index in [1.807, 2.05) is 68.4 Å².